The van der Waals surface area contributed by atoms with Gasteiger partial charge in [-0.2, -0.15) is 5.26 Å². The van der Waals surface area contributed by atoms with E-state index in [0.29, 0.717) is 24.3 Å². The van der Waals surface area contributed by atoms with Crippen LogP contribution in [0.2, 0.25) is 0 Å². The van der Waals surface area contributed by atoms with Gasteiger partial charge in [-0.05, 0) is 72.5 Å². The number of carbonyl (C=O) groups excluding carboxylic acids is 1. The maximum atomic E-state index is 13.2. The monoisotopic (exact) mass is 484 g/mol. The highest BCUT2D eigenvalue weighted by Gasteiger charge is 2.49. The molecule has 0 bridgehead atoms. The minimum atomic E-state index is -0.342. The molecular formula is C29H29FN4O2. The van der Waals surface area contributed by atoms with Crippen molar-refractivity contribution < 1.29 is 14.3 Å². The molecule has 5 rings (SSSR count). The summed E-state index contributed by atoms with van der Waals surface area (Å²) < 4.78 is 13.2. The first-order valence-corrected chi connectivity index (χ1v) is 12.4. The van der Waals surface area contributed by atoms with Crippen LogP contribution >= 0.6 is 0 Å². The number of nitrogens with zero attached hydrogens (tertiary/aromatic N) is 3. The Labute approximate surface area is 210 Å². The van der Waals surface area contributed by atoms with Gasteiger partial charge in [0.1, 0.15) is 5.82 Å². The molecule has 3 atom stereocenters. The third kappa shape index (κ3) is 4.83. The van der Waals surface area contributed by atoms with Gasteiger partial charge in [0.25, 0.3) is 0 Å². The highest BCUT2D eigenvalue weighted by molar-refractivity contribution is 5.89. The van der Waals surface area contributed by atoms with E-state index >= 15 is 0 Å². The number of rotatable bonds is 4. The van der Waals surface area contributed by atoms with Crippen molar-refractivity contribution in [1.82, 2.24) is 9.80 Å². The van der Waals surface area contributed by atoms with Crippen LogP contribution in [0, 0.1) is 17.1 Å². The fourth-order valence-electron chi connectivity index (χ4n) is 5.53. The van der Waals surface area contributed by atoms with Gasteiger partial charge < -0.3 is 15.3 Å². The quantitative estimate of drug-likeness (QED) is 0.557. The van der Waals surface area contributed by atoms with Gasteiger partial charge >= 0.3 is 6.03 Å². The molecule has 2 heterocycles. The van der Waals surface area contributed by atoms with Crippen LogP contribution in [0.4, 0.5) is 14.9 Å². The molecule has 0 saturated carbocycles. The number of urea groups is 1. The zero-order chi connectivity index (χ0) is 25.1. The van der Waals surface area contributed by atoms with Gasteiger partial charge in [-0.25, -0.2) is 9.18 Å². The van der Waals surface area contributed by atoms with E-state index in [4.69, 9.17) is 0 Å². The molecule has 2 aliphatic rings. The van der Waals surface area contributed by atoms with Gasteiger partial charge in [0.05, 0.1) is 18.2 Å². The molecule has 2 N–H and O–H groups in total. The van der Waals surface area contributed by atoms with Gasteiger partial charge in [0.2, 0.25) is 0 Å². The average Bonchev–Trinajstić information content (AvgIpc) is 2.89. The van der Waals surface area contributed by atoms with Crippen molar-refractivity contribution in [2.45, 2.75) is 30.8 Å². The Bertz CT molecular complexity index is 1260. The molecule has 3 aromatic rings. The number of amides is 2. The predicted molar refractivity (Wildman–Crippen MR) is 137 cm³/mol. The lowest BCUT2D eigenvalue weighted by Gasteiger charge is -2.57. The largest absolute Gasteiger partial charge is 0.395 e. The van der Waals surface area contributed by atoms with Gasteiger partial charge in [-0.3, -0.25) is 4.90 Å². The first-order chi connectivity index (χ1) is 17.6. The van der Waals surface area contributed by atoms with Crippen LogP contribution in [0.3, 0.4) is 0 Å². The van der Waals surface area contributed by atoms with E-state index in [9.17, 15) is 19.6 Å². The van der Waals surface area contributed by atoms with E-state index < -0.39 is 0 Å². The fourth-order valence-corrected chi connectivity index (χ4v) is 5.53. The lowest BCUT2D eigenvalue weighted by molar-refractivity contribution is -0.0585. The molecule has 0 radical (unpaired) electrons. The molecule has 7 heteroatoms. The van der Waals surface area contributed by atoms with E-state index in [1.165, 1.54) is 12.1 Å². The number of carbonyl (C=O) groups is 1. The van der Waals surface area contributed by atoms with E-state index in [1.54, 1.807) is 18.2 Å². The van der Waals surface area contributed by atoms with E-state index in [1.807, 2.05) is 23.1 Å². The van der Waals surface area contributed by atoms with Gasteiger partial charge in [0, 0.05) is 36.8 Å². The zero-order valence-electron chi connectivity index (χ0n) is 20.0. The Morgan fingerprint density at radius 3 is 2.50 bits per heavy atom. The lowest BCUT2D eigenvalue weighted by atomic mass is 9.74. The summed E-state index contributed by atoms with van der Waals surface area (Å²) in [5.74, 6) is -0.236. The molecule has 2 saturated heterocycles. The van der Waals surface area contributed by atoms with Crippen LogP contribution in [0.25, 0.3) is 11.1 Å². The molecular weight excluding hydrogens is 455 g/mol. The smallest absolute Gasteiger partial charge is 0.321 e. The second-order valence-corrected chi connectivity index (χ2v) is 9.49. The topological polar surface area (TPSA) is 79.6 Å². The van der Waals surface area contributed by atoms with E-state index in [0.717, 1.165) is 36.1 Å². The molecule has 2 fully saturated rings. The molecule has 0 aromatic heterocycles. The van der Waals surface area contributed by atoms with Crippen LogP contribution in [0.1, 0.15) is 29.9 Å². The molecule has 3 aromatic carbocycles. The number of benzene rings is 3. The first-order valence-electron chi connectivity index (χ1n) is 12.4. The van der Waals surface area contributed by atoms with Crippen molar-refractivity contribution in [2.75, 3.05) is 31.6 Å². The number of nitrogens with one attached hydrogen (secondary N) is 1. The van der Waals surface area contributed by atoms with Gasteiger partial charge in [0.15, 0.2) is 0 Å². The summed E-state index contributed by atoms with van der Waals surface area (Å²) in [6.45, 7) is 2.18. The molecule has 6 nitrogen and oxygen atoms in total. The van der Waals surface area contributed by atoms with Crippen LogP contribution < -0.4 is 5.32 Å². The Kier molecular flexibility index (Phi) is 6.99. The molecule has 0 aliphatic carbocycles. The highest BCUT2D eigenvalue weighted by atomic mass is 19.1. The summed E-state index contributed by atoms with van der Waals surface area (Å²) in [6.07, 6.45) is 1.84. The standard InChI is InChI=1S/C29H29FN4O2/c30-24-10-12-25(13-11-24)32-29(36)33-14-1-2-15-34-26(18-33)28(27(34)19-35)22-8-6-21(7-9-22)23-5-3-4-20(16-23)17-31/h3-13,16,26-28,35H,1-2,14-15,18-19H2,(H,32,36)/t26-,27+,28-/m1/s1. The third-order valence-electron chi connectivity index (χ3n) is 7.37. The number of nitriles is 1. The Morgan fingerprint density at radius 1 is 1.03 bits per heavy atom. The number of hydrogen-bond acceptors (Lipinski definition) is 4. The lowest BCUT2D eigenvalue weighted by Crippen LogP contribution is -2.68. The maximum absolute atomic E-state index is 13.2. The predicted octanol–water partition coefficient (Wildman–Crippen LogP) is 4.82. The Balaban J connectivity index is 1.34. The molecule has 184 valence electrons. The molecule has 0 spiro atoms. The first kappa shape index (κ1) is 24.0. The maximum Gasteiger partial charge on any atom is 0.321 e. The number of aliphatic hydroxyl groups excluding tert-OH is 1. The Morgan fingerprint density at radius 2 is 1.78 bits per heavy atom. The average molecular weight is 485 g/mol. The normalized spacial score (nSPS) is 21.9. The van der Waals surface area contributed by atoms with Gasteiger partial charge in [-0.15, -0.1) is 0 Å². The van der Waals surface area contributed by atoms with Crippen LogP contribution in [0.15, 0.2) is 72.8 Å². The number of anilines is 1. The van der Waals surface area contributed by atoms with Crippen molar-refractivity contribution in [3.63, 3.8) is 0 Å². The Hall–Kier alpha value is -3.73. The van der Waals surface area contributed by atoms with Crippen molar-refractivity contribution >= 4 is 11.7 Å². The second kappa shape index (κ2) is 10.5. The van der Waals surface area contributed by atoms with Crippen LogP contribution in [-0.4, -0.2) is 59.3 Å². The summed E-state index contributed by atoms with van der Waals surface area (Å²) in [4.78, 5) is 17.2. The summed E-state index contributed by atoms with van der Waals surface area (Å²) in [5.41, 5.74) is 4.35. The summed E-state index contributed by atoms with van der Waals surface area (Å²) in [5, 5.41) is 22.3. The van der Waals surface area contributed by atoms with Crippen molar-refractivity contribution in [1.29, 1.82) is 5.26 Å². The molecule has 2 aliphatic heterocycles. The minimum absolute atomic E-state index is 0.0166. The van der Waals surface area contributed by atoms with E-state index in [-0.39, 0.29) is 36.5 Å². The third-order valence-corrected chi connectivity index (χ3v) is 7.37. The molecule has 36 heavy (non-hydrogen) atoms. The molecule has 2 amide bonds. The number of hydrogen-bond donors (Lipinski definition) is 2. The van der Waals surface area contributed by atoms with Gasteiger partial charge in [-0.1, -0.05) is 36.4 Å². The van der Waals surface area contributed by atoms with E-state index in [2.05, 4.69) is 40.6 Å². The molecule has 0 unspecified atom stereocenters. The number of fused-ring (bicyclic) bond motifs is 1. The zero-order valence-corrected chi connectivity index (χ0v) is 20.0. The number of aliphatic hydroxyl groups is 1. The van der Waals surface area contributed by atoms with Crippen LogP contribution in [-0.2, 0) is 0 Å². The summed E-state index contributed by atoms with van der Waals surface area (Å²) >= 11 is 0. The summed E-state index contributed by atoms with van der Waals surface area (Å²) in [6, 6.07) is 23.8. The van der Waals surface area contributed by atoms with Crippen molar-refractivity contribution in [2.24, 2.45) is 0 Å². The second-order valence-electron chi connectivity index (χ2n) is 9.49. The fraction of sp³-hybridized carbons (Fsp3) is 0.310. The highest BCUT2D eigenvalue weighted by Crippen LogP contribution is 2.42. The van der Waals surface area contributed by atoms with Crippen molar-refractivity contribution in [3.05, 3.63) is 89.7 Å². The summed E-state index contributed by atoms with van der Waals surface area (Å²) in [7, 11) is 0. The van der Waals surface area contributed by atoms with Crippen molar-refractivity contribution in [3.8, 4) is 17.2 Å². The number of halogens is 1. The SMILES string of the molecule is N#Cc1cccc(-c2ccc([C@@H]3[C@H]4CN(C(=O)Nc5ccc(F)cc5)CCCCN4[C@H]3CO)cc2)c1. The van der Waals surface area contributed by atoms with Crippen LogP contribution in [0.5, 0.6) is 0 Å². The minimum Gasteiger partial charge on any atom is -0.395 e.